The molecule has 82 valence electrons. The highest BCUT2D eigenvalue weighted by Crippen LogP contribution is 2.45. The molecule has 1 fully saturated rings. The maximum atomic E-state index is 11.9. The monoisotopic (exact) mass is 215 g/mol. The van der Waals surface area contributed by atoms with Gasteiger partial charge in [0.2, 0.25) is 5.91 Å². The van der Waals surface area contributed by atoms with Gasteiger partial charge in [0, 0.05) is 6.20 Å². The van der Waals surface area contributed by atoms with Crippen molar-refractivity contribution in [1.29, 1.82) is 5.26 Å². The van der Waals surface area contributed by atoms with Crippen molar-refractivity contribution in [3.8, 4) is 6.07 Å². The molecule has 0 bridgehead atoms. The van der Waals surface area contributed by atoms with E-state index in [1.54, 1.807) is 24.4 Å². The normalized spacial score (nSPS) is 27.6. The van der Waals surface area contributed by atoms with Crippen LogP contribution < -0.4 is 5.32 Å². The van der Waals surface area contributed by atoms with E-state index in [0.29, 0.717) is 24.6 Å². The van der Waals surface area contributed by atoms with Crippen LogP contribution >= 0.6 is 0 Å². The topological polar surface area (TPSA) is 65.8 Å². The van der Waals surface area contributed by atoms with Gasteiger partial charge in [0.15, 0.2) is 0 Å². The Kier molecular flexibility index (Phi) is 2.61. The molecule has 1 amide bonds. The van der Waals surface area contributed by atoms with Crippen molar-refractivity contribution < 1.29 is 4.79 Å². The number of nitrogens with zero attached hydrogens (tertiary/aromatic N) is 2. The minimum atomic E-state index is -0.836. The molecule has 4 nitrogen and oxygen atoms in total. The van der Waals surface area contributed by atoms with Crippen LogP contribution in [-0.2, 0) is 4.79 Å². The maximum Gasteiger partial charge on any atom is 0.246 e. The van der Waals surface area contributed by atoms with Gasteiger partial charge in [0.1, 0.15) is 11.2 Å². The average molecular weight is 215 g/mol. The molecule has 0 atom stereocenters. The standard InChI is InChI=1S/C12H13N3O/c1-9-6-12(7-9,8-13)11(16)15-10-4-2-3-5-14-10/h2-5,9H,6-7H2,1H3,(H,14,15,16). The van der Waals surface area contributed by atoms with Gasteiger partial charge in [-0.1, -0.05) is 13.0 Å². The lowest BCUT2D eigenvalue weighted by Crippen LogP contribution is -2.45. The van der Waals surface area contributed by atoms with Gasteiger partial charge in [-0.05, 0) is 30.9 Å². The van der Waals surface area contributed by atoms with Crippen LogP contribution in [0.3, 0.4) is 0 Å². The number of anilines is 1. The Bertz CT molecular complexity index is 429. The van der Waals surface area contributed by atoms with E-state index in [4.69, 9.17) is 5.26 Å². The molecule has 0 aromatic carbocycles. The van der Waals surface area contributed by atoms with E-state index in [-0.39, 0.29) is 5.91 Å². The lowest BCUT2D eigenvalue weighted by molar-refractivity contribution is -0.128. The molecule has 1 heterocycles. The van der Waals surface area contributed by atoms with Crippen molar-refractivity contribution in [3.63, 3.8) is 0 Å². The van der Waals surface area contributed by atoms with Gasteiger partial charge in [-0.3, -0.25) is 4.79 Å². The van der Waals surface area contributed by atoms with Gasteiger partial charge >= 0.3 is 0 Å². The van der Waals surface area contributed by atoms with Gasteiger partial charge in [-0.2, -0.15) is 5.26 Å². The lowest BCUT2D eigenvalue weighted by atomic mass is 9.63. The molecule has 1 aliphatic rings. The van der Waals surface area contributed by atoms with Crippen LogP contribution in [0.25, 0.3) is 0 Å². The molecule has 1 saturated carbocycles. The van der Waals surface area contributed by atoms with E-state index in [1.807, 2.05) is 6.92 Å². The molecule has 16 heavy (non-hydrogen) atoms. The molecular weight excluding hydrogens is 202 g/mol. The summed E-state index contributed by atoms with van der Waals surface area (Å²) in [6.07, 6.45) is 2.89. The number of hydrogen-bond donors (Lipinski definition) is 1. The summed E-state index contributed by atoms with van der Waals surface area (Å²) in [4.78, 5) is 15.9. The van der Waals surface area contributed by atoms with Crippen molar-refractivity contribution in [2.24, 2.45) is 11.3 Å². The molecule has 0 aliphatic heterocycles. The van der Waals surface area contributed by atoms with Gasteiger partial charge in [-0.15, -0.1) is 0 Å². The van der Waals surface area contributed by atoms with Crippen LogP contribution in [-0.4, -0.2) is 10.9 Å². The highest BCUT2D eigenvalue weighted by Gasteiger charge is 2.49. The fourth-order valence-electron chi connectivity index (χ4n) is 2.13. The number of carbonyl (C=O) groups excluding carboxylic acids is 1. The minimum absolute atomic E-state index is 0.230. The molecule has 0 spiro atoms. The molecule has 1 aromatic rings. The second-order valence-electron chi connectivity index (χ2n) is 4.38. The Morgan fingerprint density at radius 1 is 1.62 bits per heavy atom. The summed E-state index contributed by atoms with van der Waals surface area (Å²) in [6, 6.07) is 7.41. The Balaban J connectivity index is 2.07. The van der Waals surface area contributed by atoms with E-state index >= 15 is 0 Å². The molecule has 0 radical (unpaired) electrons. The zero-order valence-corrected chi connectivity index (χ0v) is 9.10. The highest BCUT2D eigenvalue weighted by molar-refractivity contribution is 5.97. The number of pyridine rings is 1. The molecular formula is C12H13N3O. The number of aromatic nitrogens is 1. The summed E-state index contributed by atoms with van der Waals surface area (Å²) >= 11 is 0. The SMILES string of the molecule is CC1CC(C#N)(C(=O)Nc2ccccn2)C1. The number of amides is 1. The first-order chi connectivity index (χ1) is 7.66. The first kappa shape index (κ1) is 10.6. The summed E-state index contributed by atoms with van der Waals surface area (Å²) in [5.74, 6) is 0.725. The molecule has 0 unspecified atom stereocenters. The quantitative estimate of drug-likeness (QED) is 0.820. The van der Waals surface area contributed by atoms with Crippen LogP contribution in [0.4, 0.5) is 5.82 Å². The number of nitriles is 1. The van der Waals surface area contributed by atoms with Gasteiger partial charge < -0.3 is 5.32 Å². The van der Waals surface area contributed by atoms with E-state index in [0.717, 1.165) is 0 Å². The zero-order chi connectivity index (χ0) is 11.6. The highest BCUT2D eigenvalue weighted by atomic mass is 16.2. The van der Waals surface area contributed by atoms with Gasteiger partial charge in [0.05, 0.1) is 6.07 Å². The van der Waals surface area contributed by atoms with Crippen LogP contribution in [0.2, 0.25) is 0 Å². The van der Waals surface area contributed by atoms with Gasteiger partial charge in [-0.25, -0.2) is 4.98 Å². The third-order valence-corrected chi connectivity index (χ3v) is 2.95. The Labute approximate surface area is 94.3 Å². The summed E-state index contributed by atoms with van der Waals surface area (Å²) in [5.41, 5.74) is -0.836. The molecule has 4 heteroatoms. The Morgan fingerprint density at radius 3 is 2.88 bits per heavy atom. The summed E-state index contributed by atoms with van der Waals surface area (Å²) < 4.78 is 0. The number of rotatable bonds is 2. The van der Waals surface area contributed by atoms with Crippen molar-refractivity contribution >= 4 is 11.7 Å². The fourth-order valence-corrected chi connectivity index (χ4v) is 2.13. The lowest BCUT2D eigenvalue weighted by Gasteiger charge is -2.38. The molecule has 0 saturated heterocycles. The summed E-state index contributed by atoms with van der Waals surface area (Å²) in [6.45, 7) is 2.05. The van der Waals surface area contributed by atoms with Crippen molar-refractivity contribution in [3.05, 3.63) is 24.4 Å². The smallest absolute Gasteiger partial charge is 0.246 e. The Morgan fingerprint density at radius 2 is 2.38 bits per heavy atom. The predicted octanol–water partition coefficient (Wildman–Crippen LogP) is 1.96. The Hall–Kier alpha value is -1.89. The summed E-state index contributed by atoms with van der Waals surface area (Å²) in [5, 5.41) is 11.8. The third kappa shape index (κ3) is 1.76. The van der Waals surface area contributed by atoms with E-state index in [2.05, 4.69) is 16.4 Å². The largest absolute Gasteiger partial charge is 0.309 e. The first-order valence-electron chi connectivity index (χ1n) is 5.30. The fraction of sp³-hybridized carbons (Fsp3) is 0.417. The predicted molar refractivity (Wildman–Crippen MR) is 59.3 cm³/mol. The molecule has 1 aromatic heterocycles. The van der Waals surface area contributed by atoms with Crippen molar-refractivity contribution in [2.45, 2.75) is 19.8 Å². The van der Waals surface area contributed by atoms with E-state index in [1.165, 1.54) is 0 Å². The number of nitrogens with one attached hydrogen (secondary N) is 1. The van der Waals surface area contributed by atoms with Crippen LogP contribution in [0.5, 0.6) is 0 Å². The van der Waals surface area contributed by atoms with Crippen molar-refractivity contribution in [1.82, 2.24) is 4.98 Å². The zero-order valence-electron chi connectivity index (χ0n) is 9.10. The summed E-state index contributed by atoms with van der Waals surface area (Å²) in [7, 11) is 0. The molecule has 1 N–H and O–H groups in total. The molecule has 1 aliphatic carbocycles. The number of carbonyl (C=O) groups is 1. The van der Waals surface area contributed by atoms with E-state index in [9.17, 15) is 4.79 Å². The second kappa shape index (κ2) is 3.93. The molecule has 2 rings (SSSR count). The van der Waals surface area contributed by atoms with Crippen LogP contribution in [0.15, 0.2) is 24.4 Å². The second-order valence-corrected chi connectivity index (χ2v) is 4.38. The van der Waals surface area contributed by atoms with Gasteiger partial charge in [0.25, 0.3) is 0 Å². The third-order valence-electron chi connectivity index (χ3n) is 2.95. The number of hydrogen-bond acceptors (Lipinski definition) is 3. The average Bonchev–Trinajstić information content (AvgIpc) is 2.25. The first-order valence-corrected chi connectivity index (χ1v) is 5.30. The van der Waals surface area contributed by atoms with Crippen molar-refractivity contribution in [2.75, 3.05) is 5.32 Å². The maximum absolute atomic E-state index is 11.9. The van der Waals surface area contributed by atoms with Crippen LogP contribution in [0.1, 0.15) is 19.8 Å². The van der Waals surface area contributed by atoms with Crippen LogP contribution in [0, 0.1) is 22.7 Å². The van der Waals surface area contributed by atoms with E-state index < -0.39 is 5.41 Å². The minimum Gasteiger partial charge on any atom is -0.309 e.